The lowest BCUT2D eigenvalue weighted by Gasteiger charge is -2.09. The maximum absolute atomic E-state index is 12.2. The molecule has 0 aliphatic rings. The zero-order valence-electron chi connectivity index (χ0n) is 12.8. The van der Waals surface area contributed by atoms with Gasteiger partial charge in [-0.3, -0.25) is 4.79 Å². The molecule has 130 valence electrons. The van der Waals surface area contributed by atoms with Crippen LogP contribution >= 0.6 is 23.2 Å². The number of nitrogens with zero attached hydrogens (tertiary/aromatic N) is 1. The summed E-state index contributed by atoms with van der Waals surface area (Å²) in [6.07, 6.45) is 0.0696. The molecule has 2 N–H and O–H groups in total. The third-order valence-corrected chi connectivity index (χ3v) is 5.45. The standard InChI is InChI=1S/C16H13Cl2N3O3S/c17-13-3-1-4-14(15(13)18)21-16(22)11-5-7-12(8-6-11)25(23,24)20-10-2-9-19/h1,3-8,20H,2,10H2,(H,21,22). The molecule has 0 radical (unpaired) electrons. The highest BCUT2D eigenvalue weighted by molar-refractivity contribution is 7.89. The van der Waals surface area contributed by atoms with E-state index in [9.17, 15) is 13.2 Å². The highest BCUT2D eigenvalue weighted by Gasteiger charge is 2.15. The SMILES string of the molecule is N#CCCNS(=O)(=O)c1ccc(C(=O)Nc2cccc(Cl)c2Cl)cc1. The summed E-state index contributed by atoms with van der Waals surface area (Å²) in [4.78, 5) is 12.2. The van der Waals surface area contributed by atoms with Crippen LogP contribution in [0.1, 0.15) is 16.8 Å². The largest absolute Gasteiger partial charge is 0.321 e. The van der Waals surface area contributed by atoms with Gasteiger partial charge < -0.3 is 5.32 Å². The van der Waals surface area contributed by atoms with Crippen molar-refractivity contribution in [3.05, 3.63) is 58.1 Å². The second-order valence-electron chi connectivity index (χ2n) is 4.89. The van der Waals surface area contributed by atoms with Gasteiger partial charge >= 0.3 is 0 Å². The quantitative estimate of drug-likeness (QED) is 0.729. The van der Waals surface area contributed by atoms with Gasteiger partial charge in [0.25, 0.3) is 5.91 Å². The van der Waals surface area contributed by atoms with Crippen molar-refractivity contribution in [1.29, 1.82) is 5.26 Å². The summed E-state index contributed by atoms with van der Waals surface area (Å²) in [7, 11) is -3.72. The van der Waals surface area contributed by atoms with Crippen molar-refractivity contribution >= 4 is 44.8 Å². The Morgan fingerprint density at radius 1 is 1.12 bits per heavy atom. The second kappa shape index (κ2) is 8.32. The number of nitriles is 1. The number of amides is 1. The number of benzene rings is 2. The maximum atomic E-state index is 12.2. The van der Waals surface area contributed by atoms with E-state index in [1.54, 1.807) is 18.2 Å². The molecule has 9 heteroatoms. The fourth-order valence-electron chi connectivity index (χ4n) is 1.90. The van der Waals surface area contributed by atoms with E-state index in [-0.39, 0.29) is 28.4 Å². The van der Waals surface area contributed by atoms with Crippen LogP contribution in [-0.2, 0) is 10.0 Å². The fraction of sp³-hybridized carbons (Fsp3) is 0.125. The Hall–Kier alpha value is -2.11. The zero-order chi connectivity index (χ0) is 18.4. The molecule has 0 atom stereocenters. The lowest BCUT2D eigenvalue weighted by Crippen LogP contribution is -2.24. The van der Waals surface area contributed by atoms with Crippen LogP contribution in [0.3, 0.4) is 0 Å². The molecule has 0 heterocycles. The Bertz CT molecular complexity index is 923. The zero-order valence-corrected chi connectivity index (χ0v) is 15.1. The Morgan fingerprint density at radius 2 is 1.80 bits per heavy atom. The minimum Gasteiger partial charge on any atom is -0.321 e. The predicted molar refractivity (Wildman–Crippen MR) is 96.3 cm³/mol. The average Bonchev–Trinajstić information content (AvgIpc) is 2.59. The lowest BCUT2D eigenvalue weighted by atomic mass is 10.2. The average molecular weight is 398 g/mol. The first kappa shape index (κ1) is 19.2. The predicted octanol–water partition coefficient (Wildman–Crippen LogP) is 3.44. The number of carbonyl (C=O) groups excluding carboxylic acids is 1. The van der Waals surface area contributed by atoms with Gasteiger partial charge in [-0.1, -0.05) is 29.3 Å². The van der Waals surface area contributed by atoms with Gasteiger partial charge in [0.2, 0.25) is 10.0 Å². The maximum Gasteiger partial charge on any atom is 0.255 e. The smallest absolute Gasteiger partial charge is 0.255 e. The fourth-order valence-corrected chi connectivity index (χ4v) is 3.28. The summed E-state index contributed by atoms with van der Waals surface area (Å²) >= 11 is 11.9. The van der Waals surface area contributed by atoms with Crippen LogP contribution in [0.15, 0.2) is 47.4 Å². The first-order chi connectivity index (χ1) is 11.8. The highest BCUT2D eigenvalue weighted by Crippen LogP contribution is 2.29. The van der Waals surface area contributed by atoms with E-state index in [1.165, 1.54) is 24.3 Å². The second-order valence-corrected chi connectivity index (χ2v) is 7.44. The summed E-state index contributed by atoms with van der Waals surface area (Å²) < 4.78 is 26.3. The van der Waals surface area contributed by atoms with Crippen molar-refractivity contribution in [2.45, 2.75) is 11.3 Å². The monoisotopic (exact) mass is 397 g/mol. The minimum atomic E-state index is -3.72. The molecule has 0 aliphatic heterocycles. The third-order valence-electron chi connectivity index (χ3n) is 3.16. The van der Waals surface area contributed by atoms with Crippen LogP contribution in [0.5, 0.6) is 0 Å². The Balaban J connectivity index is 2.13. The van der Waals surface area contributed by atoms with Crippen LogP contribution in [0.4, 0.5) is 5.69 Å². The Morgan fingerprint density at radius 3 is 2.44 bits per heavy atom. The minimum absolute atomic E-state index is 0.00257. The molecule has 0 aromatic heterocycles. The van der Waals surface area contributed by atoms with E-state index in [1.807, 2.05) is 6.07 Å². The molecular formula is C16H13Cl2N3O3S. The molecule has 0 unspecified atom stereocenters. The molecule has 2 aromatic rings. The molecule has 25 heavy (non-hydrogen) atoms. The summed E-state index contributed by atoms with van der Waals surface area (Å²) in [5.74, 6) is -0.453. The van der Waals surface area contributed by atoms with Crippen molar-refractivity contribution in [2.75, 3.05) is 11.9 Å². The normalized spacial score (nSPS) is 10.9. The van der Waals surface area contributed by atoms with Gasteiger partial charge in [-0.05, 0) is 36.4 Å². The summed E-state index contributed by atoms with van der Waals surface area (Å²) in [5.41, 5.74) is 0.612. The van der Waals surface area contributed by atoms with Crippen LogP contribution in [0, 0.1) is 11.3 Å². The molecule has 2 aromatic carbocycles. The number of hydrogen-bond acceptors (Lipinski definition) is 4. The molecule has 0 fully saturated rings. The van der Waals surface area contributed by atoms with Crippen molar-refractivity contribution in [3.8, 4) is 6.07 Å². The van der Waals surface area contributed by atoms with Gasteiger partial charge in [0, 0.05) is 18.5 Å². The first-order valence-electron chi connectivity index (χ1n) is 7.07. The molecular weight excluding hydrogens is 385 g/mol. The van der Waals surface area contributed by atoms with Crippen LogP contribution in [0.2, 0.25) is 10.0 Å². The Labute approximate surface area is 155 Å². The van der Waals surface area contributed by atoms with E-state index < -0.39 is 15.9 Å². The first-order valence-corrected chi connectivity index (χ1v) is 9.31. The molecule has 1 amide bonds. The van der Waals surface area contributed by atoms with Crippen molar-refractivity contribution in [2.24, 2.45) is 0 Å². The van der Waals surface area contributed by atoms with Gasteiger partial charge in [0.15, 0.2) is 0 Å². The van der Waals surface area contributed by atoms with E-state index in [2.05, 4.69) is 10.0 Å². The molecule has 0 saturated carbocycles. The number of halogens is 2. The highest BCUT2D eigenvalue weighted by atomic mass is 35.5. The lowest BCUT2D eigenvalue weighted by molar-refractivity contribution is 0.102. The summed E-state index contributed by atoms with van der Waals surface area (Å²) in [5, 5.41) is 11.6. The topological polar surface area (TPSA) is 99.1 Å². The van der Waals surface area contributed by atoms with Gasteiger partial charge in [0.1, 0.15) is 0 Å². The molecule has 6 nitrogen and oxygen atoms in total. The van der Waals surface area contributed by atoms with E-state index in [0.717, 1.165) is 0 Å². The van der Waals surface area contributed by atoms with Crippen molar-refractivity contribution in [1.82, 2.24) is 4.72 Å². The molecule has 0 aliphatic carbocycles. The molecule has 2 rings (SSSR count). The van der Waals surface area contributed by atoms with E-state index in [4.69, 9.17) is 28.5 Å². The number of anilines is 1. The van der Waals surface area contributed by atoms with Gasteiger partial charge in [-0.2, -0.15) is 5.26 Å². The number of rotatable bonds is 6. The van der Waals surface area contributed by atoms with Crippen LogP contribution < -0.4 is 10.0 Å². The van der Waals surface area contributed by atoms with Gasteiger partial charge in [-0.15, -0.1) is 0 Å². The Kier molecular flexibility index (Phi) is 6.39. The van der Waals surface area contributed by atoms with Gasteiger partial charge in [-0.25, -0.2) is 13.1 Å². The molecule has 0 bridgehead atoms. The van der Waals surface area contributed by atoms with E-state index >= 15 is 0 Å². The number of nitrogens with one attached hydrogen (secondary N) is 2. The van der Waals surface area contributed by atoms with Crippen LogP contribution in [-0.4, -0.2) is 20.9 Å². The van der Waals surface area contributed by atoms with E-state index in [0.29, 0.717) is 10.7 Å². The third kappa shape index (κ3) is 4.94. The van der Waals surface area contributed by atoms with Crippen molar-refractivity contribution in [3.63, 3.8) is 0 Å². The van der Waals surface area contributed by atoms with Crippen molar-refractivity contribution < 1.29 is 13.2 Å². The summed E-state index contributed by atoms with van der Waals surface area (Å²) in [6, 6.07) is 12.1. The molecule has 0 saturated heterocycles. The van der Waals surface area contributed by atoms with Crippen LogP contribution in [0.25, 0.3) is 0 Å². The van der Waals surface area contributed by atoms with Gasteiger partial charge in [0.05, 0.1) is 26.7 Å². The summed E-state index contributed by atoms with van der Waals surface area (Å²) in [6.45, 7) is 0.0222. The molecule has 0 spiro atoms. The number of hydrogen-bond donors (Lipinski definition) is 2. The number of sulfonamides is 1. The number of carbonyl (C=O) groups is 1.